The van der Waals surface area contributed by atoms with Gasteiger partial charge in [0.2, 0.25) is 0 Å². The molecule has 4 nitrogen and oxygen atoms in total. The molecule has 3 rings (SSSR count). The summed E-state index contributed by atoms with van der Waals surface area (Å²) < 4.78 is 5.57. The van der Waals surface area contributed by atoms with Gasteiger partial charge in [0.25, 0.3) is 5.91 Å². The lowest BCUT2D eigenvalue weighted by atomic mass is 10.1. The zero-order chi connectivity index (χ0) is 17.5. The van der Waals surface area contributed by atoms with Crippen LogP contribution in [0.3, 0.4) is 0 Å². The maximum Gasteiger partial charge on any atom is 0.251 e. The van der Waals surface area contributed by atoms with Crippen molar-refractivity contribution in [2.75, 3.05) is 26.2 Å². The van der Waals surface area contributed by atoms with Crippen LogP contribution in [0.15, 0.2) is 41.8 Å². The van der Waals surface area contributed by atoms with E-state index in [1.807, 2.05) is 24.3 Å². The second-order valence-corrected chi connectivity index (χ2v) is 7.34. The number of hydrogen-bond acceptors (Lipinski definition) is 4. The van der Waals surface area contributed by atoms with E-state index in [-0.39, 0.29) is 11.9 Å². The summed E-state index contributed by atoms with van der Waals surface area (Å²) in [5, 5.41) is 5.22. The van der Waals surface area contributed by atoms with Gasteiger partial charge in [-0.15, -0.1) is 11.3 Å². The number of hydrogen-bond donors (Lipinski definition) is 1. The zero-order valence-electron chi connectivity index (χ0n) is 14.7. The molecule has 5 heteroatoms. The summed E-state index contributed by atoms with van der Waals surface area (Å²) in [5.74, 6) is 0.787. The zero-order valence-corrected chi connectivity index (χ0v) is 15.6. The van der Waals surface area contributed by atoms with Gasteiger partial charge >= 0.3 is 0 Å². The first kappa shape index (κ1) is 18.0. The third-order valence-corrected chi connectivity index (χ3v) is 5.47. The number of carbonyl (C=O) groups is 1. The molecule has 1 aliphatic rings. The number of likely N-dealkylation sites (tertiary alicyclic amines) is 1. The van der Waals surface area contributed by atoms with Crippen molar-refractivity contribution in [3.63, 3.8) is 0 Å². The number of ether oxygens (including phenoxy) is 1. The molecule has 1 aliphatic heterocycles. The van der Waals surface area contributed by atoms with Gasteiger partial charge in [-0.25, -0.2) is 0 Å². The maximum absolute atomic E-state index is 12.5. The highest BCUT2D eigenvalue weighted by Gasteiger charge is 2.24. The molecule has 1 aromatic carbocycles. The SMILES string of the molecule is CCCOc1ccc(C(=O)NCC(c2cccs2)N2CCCC2)cc1. The molecule has 134 valence electrons. The molecule has 1 amide bonds. The van der Waals surface area contributed by atoms with Crippen LogP contribution in [0.1, 0.15) is 47.5 Å². The molecule has 0 spiro atoms. The standard InChI is InChI=1S/C20H26N2O2S/c1-2-13-24-17-9-7-16(8-10-17)20(23)21-15-18(19-6-5-14-25-19)22-11-3-4-12-22/h5-10,14,18H,2-4,11-13,15H2,1H3,(H,21,23). The fourth-order valence-electron chi connectivity index (χ4n) is 3.16. The Balaban J connectivity index is 1.59. The Bertz CT molecular complexity index is 649. The lowest BCUT2D eigenvalue weighted by Gasteiger charge is -2.26. The van der Waals surface area contributed by atoms with Gasteiger partial charge in [0.15, 0.2) is 0 Å². The number of benzene rings is 1. The largest absolute Gasteiger partial charge is 0.494 e. The summed E-state index contributed by atoms with van der Waals surface area (Å²) in [6.45, 7) is 5.65. The van der Waals surface area contributed by atoms with Crippen molar-refractivity contribution in [1.82, 2.24) is 10.2 Å². The molecule has 1 aromatic heterocycles. The minimum absolute atomic E-state index is 0.0252. The quantitative estimate of drug-likeness (QED) is 0.772. The number of amides is 1. The van der Waals surface area contributed by atoms with Gasteiger partial charge in [0, 0.05) is 17.0 Å². The van der Waals surface area contributed by atoms with Gasteiger partial charge in [-0.1, -0.05) is 13.0 Å². The Morgan fingerprint density at radius 3 is 2.64 bits per heavy atom. The normalized spacial score (nSPS) is 15.9. The molecule has 1 N–H and O–H groups in total. The van der Waals surface area contributed by atoms with Gasteiger partial charge in [-0.2, -0.15) is 0 Å². The van der Waals surface area contributed by atoms with Gasteiger partial charge in [0.1, 0.15) is 5.75 Å². The van der Waals surface area contributed by atoms with Crippen LogP contribution < -0.4 is 10.1 Å². The van der Waals surface area contributed by atoms with Crippen molar-refractivity contribution >= 4 is 17.2 Å². The van der Waals surface area contributed by atoms with Crippen LogP contribution in [-0.2, 0) is 0 Å². The van der Waals surface area contributed by atoms with E-state index in [2.05, 4.69) is 34.7 Å². The molecule has 0 bridgehead atoms. The number of rotatable bonds is 8. The Labute approximate surface area is 153 Å². The number of thiophene rings is 1. The summed E-state index contributed by atoms with van der Waals surface area (Å²) in [7, 11) is 0. The van der Waals surface area contributed by atoms with Crippen LogP contribution in [0.2, 0.25) is 0 Å². The third-order valence-electron chi connectivity index (χ3n) is 4.50. The summed E-state index contributed by atoms with van der Waals surface area (Å²) in [4.78, 5) is 16.3. The molecule has 2 heterocycles. The highest BCUT2D eigenvalue weighted by molar-refractivity contribution is 7.10. The second kappa shape index (κ2) is 9.02. The molecule has 0 radical (unpaired) electrons. The van der Waals surface area contributed by atoms with E-state index in [1.54, 1.807) is 11.3 Å². The fraction of sp³-hybridized carbons (Fsp3) is 0.450. The first-order valence-electron chi connectivity index (χ1n) is 9.06. The Morgan fingerprint density at radius 2 is 2.00 bits per heavy atom. The van der Waals surface area contributed by atoms with Gasteiger partial charge in [0.05, 0.1) is 12.6 Å². The molecular weight excluding hydrogens is 332 g/mol. The van der Waals surface area contributed by atoms with Crippen molar-refractivity contribution in [1.29, 1.82) is 0 Å². The number of carbonyl (C=O) groups excluding carboxylic acids is 1. The Kier molecular flexibility index (Phi) is 6.48. The van der Waals surface area contributed by atoms with Crippen molar-refractivity contribution < 1.29 is 9.53 Å². The molecule has 0 saturated carbocycles. The van der Waals surface area contributed by atoms with Crippen LogP contribution in [0, 0.1) is 0 Å². The van der Waals surface area contributed by atoms with E-state index in [0.717, 1.165) is 25.3 Å². The summed E-state index contributed by atoms with van der Waals surface area (Å²) in [6.07, 6.45) is 3.47. The topological polar surface area (TPSA) is 41.6 Å². The maximum atomic E-state index is 12.5. The van der Waals surface area contributed by atoms with E-state index < -0.39 is 0 Å². The lowest BCUT2D eigenvalue weighted by Crippen LogP contribution is -2.36. The van der Waals surface area contributed by atoms with Crippen LogP contribution in [0.5, 0.6) is 5.75 Å². The molecule has 1 fully saturated rings. The first-order chi connectivity index (χ1) is 12.3. The van der Waals surface area contributed by atoms with E-state index in [4.69, 9.17) is 4.74 Å². The third kappa shape index (κ3) is 4.83. The molecule has 25 heavy (non-hydrogen) atoms. The van der Waals surface area contributed by atoms with Crippen molar-refractivity contribution in [2.24, 2.45) is 0 Å². The Morgan fingerprint density at radius 1 is 1.24 bits per heavy atom. The monoisotopic (exact) mass is 358 g/mol. The van der Waals surface area contributed by atoms with Crippen molar-refractivity contribution in [3.8, 4) is 5.75 Å². The molecular formula is C20H26N2O2S. The molecule has 1 saturated heterocycles. The predicted octanol–water partition coefficient (Wildman–Crippen LogP) is 4.10. The molecule has 2 aromatic rings. The smallest absolute Gasteiger partial charge is 0.251 e. The van der Waals surface area contributed by atoms with E-state index in [0.29, 0.717) is 18.7 Å². The van der Waals surface area contributed by atoms with Crippen LogP contribution in [-0.4, -0.2) is 37.0 Å². The Hall–Kier alpha value is -1.85. The van der Waals surface area contributed by atoms with Crippen LogP contribution in [0.25, 0.3) is 0 Å². The van der Waals surface area contributed by atoms with Crippen molar-refractivity contribution in [2.45, 2.75) is 32.2 Å². The molecule has 0 aliphatic carbocycles. The van der Waals surface area contributed by atoms with Crippen molar-refractivity contribution in [3.05, 3.63) is 52.2 Å². The first-order valence-corrected chi connectivity index (χ1v) is 9.94. The fourth-order valence-corrected chi connectivity index (χ4v) is 4.02. The van der Waals surface area contributed by atoms with Crippen LogP contribution >= 0.6 is 11.3 Å². The van der Waals surface area contributed by atoms with E-state index in [1.165, 1.54) is 17.7 Å². The highest BCUT2D eigenvalue weighted by Crippen LogP contribution is 2.27. The molecule has 1 atom stereocenters. The van der Waals surface area contributed by atoms with E-state index >= 15 is 0 Å². The van der Waals surface area contributed by atoms with Gasteiger partial charge in [-0.3, -0.25) is 9.69 Å². The summed E-state index contributed by atoms with van der Waals surface area (Å²) >= 11 is 1.77. The number of nitrogens with one attached hydrogen (secondary N) is 1. The lowest BCUT2D eigenvalue weighted by molar-refractivity contribution is 0.0938. The average molecular weight is 359 g/mol. The number of nitrogens with zero attached hydrogens (tertiary/aromatic N) is 1. The minimum atomic E-state index is -0.0252. The molecule has 1 unspecified atom stereocenters. The second-order valence-electron chi connectivity index (χ2n) is 6.36. The summed E-state index contributed by atoms with van der Waals surface area (Å²) in [5.41, 5.74) is 0.676. The predicted molar refractivity (Wildman–Crippen MR) is 102 cm³/mol. The average Bonchev–Trinajstić information content (AvgIpc) is 3.35. The highest BCUT2D eigenvalue weighted by atomic mass is 32.1. The van der Waals surface area contributed by atoms with Gasteiger partial charge < -0.3 is 10.1 Å². The minimum Gasteiger partial charge on any atom is -0.494 e. The summed E-state index contributed by atoms with van der Waals surface area (Å²) in [6, 6.07) is 11.9. The van der Waals surface area contributed by atoms with E-state index in [9.17, 15) is 4.79 Å². The van der Waals surface area contributed by atoms with Gasteiger partial charge in [-0.05, 0) is 68.1 Å². The van der Waals surface area contributed by atoms with Crippen LogP contribution in [0.4, 0.5) is 0 Å².